The van der Waals surface area contributed by atoms with Crippen molar-refractivity contribution in [2.45, 2.75) is 19.4 Å². The van der Waals surface area contributed by atoms with Gasteiger partial charge in [0.2, 0.25) is 0 Å². The maximum Gasteiger partial charge on any atom is 0.122 e. The Morgan fingerprint density at radius 3 is 2.40 bits per heavy atom. The van der Waals surface area contributed by atoms with Crippen LogP contribution < -0.4 is 15.4 Å². The van der Waals surface area contributed by atoms with E-state index >= 15 is 0 Å². The Morgan fingerprint density at radius 2 is 1.75 bits per heavy atom. The Morgan fingerprint density at radius 1 is 1.10 bits per heavy atom. The van der Waals surface area contributed by atoms with Crippen molar-refractivity contribution in [1.82, 2.24) is 0 Å². The highest BCUT2D eigenvalue weighted by molar-refractivity contribution is 5.53. The van der Waals surface area contributed by atoms with Crippen molar-refractivity contribution in [2.24, 2.45) is 0 Å². The van der Waals surface area contributed by atoms with E-state index in [1.165, 1.54) is 11.3 Å². The van der Waals surface area contributed by atoms with Crippen LogP contribution in [0.2, 0.25) is 0 Å². The van der Waals surface area contributed by atoms with E-state index in [1.807, 2.05) is 42.5 Å². The summed E-state index contributed by atoms with van der Waals surface area (Å²) in [7, 11) is 3.82. The summed E-state index contributed by atoms with van der Waals surface area (Å²) in [6, 6.07) is 16.5. The number of hydrogen-bond acceptors (Lipinski definition) is 3. The first-order chi connectivity index (χ1) is 9.61. The van der Waals surface area contributed by atoms with Crippen molar-refractivity contribution in [3.63, 3.8) is 0 Å². The summed E-state index contributed by atoms with van der Waals surface area (Å²) in [4.78, 5) is 2.26. The number of rotatable bonds is 5. The third-order valence-corrected chi connectivity index (χ3v) is 3.67. The second-order valence-electron chi connectivity index (χ2n) is 5.07. The molecule has 0 saturated carbocycles. The summed E-state index contributed by atoms with van der Waals surface area (Å²) in [5, 5.41) is 0. The highest BCUT2D eigenvalue weighted by Crippen LogP contribution is 2.23. The van der Waals surface area contributed by atoms with Crippen molar-refractivity contribution < 1.29 is 4.74 Å². The molecule has 3 heteroatoms. The minimum absolute atomic E-state index is 0.370. The quantitative estimate of drug-likeness (QED) is 0.847. The number of nitrogens with zero attached hydrogens (tertiary/aromatic N) is 1. The van der Waals surface area contributed by atoms with Crippen LogP contribution in [0.25, 0.3) is 0 Å². The number of anilines is 2. The van der Waals surface area contributed by atoms with E-state index in [4.69, 9.17) is 10.5 Å². The molecule has 2 N–H and O–H groups in total. The number of hydrogen-bond donors (Lipinski definition) is 1. The van der Waals surface area contributed by atoms with Crippen molar-refractivity contribution >= 4 is 11.4 Å². The molecule has 0 radical (unpaired) electrons. The Bertz CT molecular complexity index is 551. The molecule has 0 spiro atoms. The van der Waals surface area contributed by atoms with E-state index in [2.05, 4.69) is 24.9 Å². The molecule has 0 heterocycles. The van der Waals surface area contributed by atoms with Gasteiger partial charge < -0.3 is 15.4 Å². The maximum absolute atomic E-state index is 5.73. The monoisotopic (exact) mass is 270 g/mol. The van der Waals surface area contributed by atoms with Crippen LogP contribution in [0.5, 0.6) is 5.75 Å². The first-order valence-electron chi connectivity index (χ1n) is 6.82. The number of benzene rings is 2. The van der Waals surface area contributed by atoms with Crippen LogP contribution in [0, 0.1) is 0 Å². The fraction of sp³-hybridized carbons (Fsp3) is 0.294. The normalized spacial score (nSPS) is 11.9. The van der Waals surface area contributed by atoms with Gasteiger partial charge in [-0.1, -0.05) is 18.2 Å². The molecular formula is C17H22N2O. The molecule has 0 bridgehead atoms. The average Bonchev–Trinajstić information content (AvgIpc) is 2.48. The van der Waals surface area contributed by atoms with Crippen LogP contribution in [-0.4, -0.2) is 20.2 Å². The SMILES string of the molecule is COc1ccccc1CC(C)N(C)c1ccc(N)cc1. The number of nitrogens with two attached hydrogens (primary N) is 1. The number of ether oxygens (including phenoxy) is 1. The summed E-state index contributed by atoms with van der Waals surface area (Å²) >= 11 is 0. The van der Waals surface area contributed by atoms with Crippen LogP contribution in [0.15, 0.2) is 48.5 Å². The topological polar surface area (TPSA) is 38.5 Å². The Labute approximate surface area is 121 Å². The lowest BCUT2D eigenvalue weighted by Gasteiger charge is -2.27. The number of para-hydroxylation sites is 1. The molecule has 2 aromatic carbocycles. The maximum atomic E-state index is 5.73. The predicted molar refractivity (Wildman–Crippen MR) is 85.4 cm³/mol. The molecule has 0 aromatic heterocycles. The zero-order chi connectivity index (χ0) is 14.5. The lowest BCUT2D eigenvalue weighted by molar-refractivity contribution is 0.408. The molecule has 20 heavy (non-hydrogen) atoms. The molecule has 2 aromatic rings. The molecule has 1 unspecified atom stereocenters. The molecule has 0 amide bonds. The third kappa shape index (κ3) is 3.23. The van der Waals surface area contributed by atoms with Crippen LogP contribution in [0.1, 0.15) is 12.5 Å². The number of nitrogen functional groups attached to an aromatic ring is 1. The lowest BCUT2D eigenvalue weighted by Crippen LogP contribution is -2.30. The van der Waals surface area contributed by atoms with E-state index in [0.717, 1.165) is 17.9 Å². The van der Waals surface area contributed by atoms with Gasteiger partial charge in [-0.3, -0.25) is 0 Å². The highest BCUT2D eigenvalue weighted by atomic mass is 16.5. The molecule has 1 atom stereocenters. The molecule has 0 aliphatic carbocycles. The third-order valence-electron chi connectivity index (χ3n) is 3.67. The molecule has 0 saturated heterocycles. The summed E-state index contributed by atoms with van der Waals surface area (Å²) in [6.45, 7) is 2.21. The van der Waals surface area contributed by atoms with E-state index in [9.17, 15) is 0 Å². The van der Waals surface area contributed by atoms with Crippen LogP contribution in [0.4, 0.5) is 11.4 Å². The van der Waals surface area contributed by atoms with Gasteiger partial charge in [0, 0.05) is 24.5 Å². The molecule has 3 nitrogen and oxygen atoms in total. The van der Waals surface area contributed by atoms with Gasteiger partial charge in [-0.25, -0.2) is 0 Å². The second kappa shape index (κ2) is 6.33. The predicted octanol–water partition coefficient (Wildman–Crippen LogP) is 3.34. The van der Waals surface area contributed by atoms with Gasteiger partial charge in [0.1, 0.15) is 5.75 Å². The Balaban J connectivity index is 2.11. The zero-order valence-corrected chi connectivity index (χ0v) is 12.3. The van der Waals surface area contributed by atoms with Gasteiger partial charge in [-0.15, -0.1) is 0 Å². The fourth-order valence-corrected chi connectivity index (χ4v) is 2.29. The molecule has 0 aliphatic heterocycles. The van der Waals surface area contributed by atoms with Crippen molar-refractivity contribution in [1.29, 1.82) is 0 Å². The van der Waals surface area contributed by atoms with E-state index in [-0.39, 0.29) is 0 Å². The van der Waals surface area contributed by atoms with Gasteiger partial charge in [-0.05, 0) is 49.2 Å². The van der Waals surface area contributed by atoms with Gasteiger partial charge in [0.05, 0.1) is 7.11 Å². The average molecular weight is 270 g/mol. The Hall–Kier alpha value is -2.16. The van der Waals surface area contributed by atoms with E-state index < -0.39 is 0 Å². The first-order valence-corrected chi connectivity index (χ1v) is 6.82. The smallest absolute Gasteiger partial charge is 0.122 e. The molecule has 106 valence electrons. The van der Waals surface area contributed by atoms with Gasteiger partial charge in [-0.2, -0.15) is 0 Å². The summed E-state index contributed by atoms with van der Waals surface area (Å²) < 4.78 is 5.41. The van der Waals surface area contributed by atoms with E-state index in [0.29, 0.717) is 6.04 Å². The highest BCUT2D eigenvalue weighted by Gasteiger charge is 2.13. The number of methoxy groups -OCH3 is 1. The molecule has 0 aliphatic rings. The zero-order valence-electron chi connectivity index (χ0n) is 12.3. The minimum atomic E-state index is 0.370. The van der Waals surface area contributed by atoms with Crippen LogP contribution in [0.3, 0.4) is 0 Å². The van der Waals surface area contributed by atoms with Gasteiger partial charge >= 0.3 is 0 Å². The van der Waals surface area contributed by atoms with Crippen molar-refractivity contribution in [2.75, 3.05) is 24.8 Å². The largest absolute Gasteiger partial charge is 0.496 e. The molecule has 2 rings (SSSR count). The molecular weight excluding hydrogens is 248 g/mol. The Kier molecular flexibility index (Phi) is 4.51. The van der Waals surface area contributed by atoms with E-state index in [1.54, 1.807) is 7.11 Å². The number of likely N-dealkylation sites (N-methyl/N-ethyl adjacent to an activating group) is 1. The standard InChI is InChI=1S/C17H22N2O/c1-13(12-14-6-4-5-7-17(14)20-3)19(2)16-10-8-15(18)9-11-16/h4-11,13H,12,18H2,1-3H3. The summed E-state index contributed by atoms with van der Waals surface area (Å²) in [5.74, 6) is 0.949. The minimum Gasteiger partial charge on any atom is -0.496 e. The summed E-state index contributed by atoms with van der Waals surface area (Å²) in [5.41, 5.74) is 8.92. The summed E-state index contributed by atoms with van der Waals surface area (Å²) in [6.07, 6.45) is 0.935. The van der Waals surface area contributed by atoms with Crippen LogP contribution in [-0.2, 0) is 6.42 Å². The van der Waals surface area contributed by atoms with Gasteiger partial charge in [0.25, 0.3) is 0 Å². The van der Waals surface area contributed by atoms with Gasteiger partial charge in [0.15, 0.2) is 0 Å². The lowest BCUT2D eigenvalue weighted by atomic mass is 10.0. The second-order valence-corrected chi connectivity index (χ2v) is 5.07. The van der Waals surface area contributed by atoms with Crippen molar-refractivity contribution in [3.05, 3.63) is 54.1 Å². The van der Waals surface area contributed by atoms with Crippen LogP contribution >= 0.6 is 0 Å². The fourth-order valence-electron chi connectivity index (χ4n) is 2.29. The van der Waals surface area contributed by atoms with Crippen molar-refractivity contribution in [3.8, 4) is 5.75 Å². The molecule has 0 fully saturated rings. The first kappa shape index (κ1) is 14.3.